The number of ketones is 1. The summed E-state index contributed by atoms with van der Waals surface area (Å²) in [7, 11) is 7.42. The Balaban J connectivity index is 2.36. The van der Waals surface area contributed by atoms with Crippen LogP contribution in [0.15, 0.2) is 23.8 Å². The van der Waals surface area contributed by atoms with Crippen LogP contribution in [0.4, 0.5) is 0 Å². The molecule has 27 heavy (non-hydrogen) atoms. The van der Waals surface area contributed by atoms with Crippen molar-refractivity contribution in [1.29, 1.82) is 0 Å². The van der Waals surface area contributed by atoms with Crippen LogP contribution in [0.2, 0.25) is 0 Å². The van der Waals surface area contributed by atoms with Crippen LogP contribution in [0.5, 0.6) is 17.2 Å². The van der Waals surface area contributed by atoms with Crippen molar-refractivity contribution in [1.82, 2.24) is 0 Å². The Morgan fingerprint density at radius 3 is 2.26 bits per heavy atom. The molecule has 7 heteroatoms. The highest BCUT2D eigenvalue weighted by Gasteiger charge is 2.43. The topological polar surface area (TPSA) is 83.5 Å². The molecule has 1 aromatic carbocycles. The number of carbonyl (C=O) groups is 1. The summed E-state index contributed by atoms with van der Waals surface area (Å²) in [6.07, 6.45) is 3.20. The van der Waals surface area contributed by atoms with E-state index in [1.807, 2.05) is 6.07 Å². The number of methoxy groups -OCH3 is 5. The molecule has 0 heterocycles. The van der Waals surface area contributed by atoms with E-state index in [4.69, 9.17) is 23.7 Å². The molecule has 0 aromatic heterocycles. The summed E-state index contributed by atoms with van der Waals surface area (Å²) in [5.41, 5.74) is 2.77. The normalized spacial score (nSPS) is 20.7. The second-order valence-corrected chi connectivity index (χ2v) is 6.33. The number of aryl methyl sites for hydroxylation is 1. The predicted octanol–water partition coefficient (Wildman–Crippen LogP) is 1.90. The van der Waals surface area contributed by atoms with Crippen LogP contribution in [0.25, 0.3) is 5.57 Å². The van der Waals surface area contributed by atoms with Crippen molar-refractivity contribution < 1.29 is 33.6 Å². The minimum absolute atomic E-state index is 0.381. The van der Waals surface area contributed by atoms with E-state index in [1.54, 1.807) is 13.2 Å². The van der Waals surface area contributed by atoms with Crippen LogP contribution in [0, 0.1) is 0 Å². The van der Waals surface area contributed by atoms with Crippen LogP contribution >= 0.6 is 0 Å². The lowest BCUT2D eigenvalue weighted by Gasteiger charge is -2.31. The summed E-state index contributed by atoms with van der Waals surface area (Å²) in [4.78, 5) is 12.6. The van der Waals surface area contributed by atoms with Crippen molar-refractivity contribution in [3.8, 4) is 17.2 Å². The molecule has 0 spiro atoms. The average molecular weight is 376 g/mol. The standard InChI is InChI=1S/C20H24O7/c1-23-15-8-11-6-7-14(21)12-9-16(22)20(26-4,27-5)10-13(12)17(11)19(25-3)18(15)24-2/h8-10,14,21H,6-7H2,1-5H3/t14-/m1/s1. The van der Waals surface area contributed by atoms with E-state index in [1.165, 1.54) is 34.5 Å². The largest absolute Gasteiger partial charge is 0.493 e. The van der Waals surface area contributed by atoms with Gasteiger partial charge in [0.05, 0.1) is 27.4 Å². The maximum atomic E-state index is 12.6. The van der Waals surface area contributed by atoms with Gasteiger partial charge in [-0.1, -0.05) is 0 Å². The summed E-state index contributed by atoms with van der Waals surface area (Å²) >= 11 is 0. The molecule has 0 saturated heterocycles. The Labute approximate surface area is 158 Å². The van der Waals surface area contributed by atoms with E-state index in [0.717, 1.165) is 11.1 Å². The lowest BCUT2D eigenvalue weighted by Crippen LogP contribution is -2.42. The zero-order chi connectivity index (χ0) is 19.8. The summed E-state index contributed by atoms with van der Waals surface area (Å²) in [5, 5.41) is 10.7. The van der Waals surface area contributed by atoms with Crippen molar-refractivity contribution in [3.63, 3.8) is 0 Å². The number of rotatable bonds is 5. The third-order valence-electron chi connectivity index (χ3n) is 5.11. The summed E-state index contributed by atoms with van der Waals surface area (Å²) in [5.74, 6) is -0.500. The molecule has 2 aliphatic rings. The fraction of sp³-hybridized carbons (Fsp3) is 0.450. The lowest BCUT2D eigenvalue weighted by atomic mass is 9.85. The molecule has 1 aromatic rings. The molecule has 0 aliphatic heterocycles. The molecule has 3 rings (SSSR count). The van der Waals surface area contributed by atoms with Gasteiger partial charge < -0.3 is 28.8 Å². The van der Waals surface area contributed by atoms with E-state index in [0.29, 0.717) is 41.2 Å². The minimum atomic E-state index is -1.56. The molecular formula is C20H24O7. The van der Waals surface area contributed by atoms with E-state index in [-0.39, 0.29) is 5.78 Å². The van der Waals surface area contributed by atoms with Crippen LogP contribution in [0.3, 0.4) is 0 Å². The molecule has 2 aliphatic carbocycles. The number of benzene rings is 1. The molecule has 0 radical (unpaired) electrons. The molecule has 0 fully saturated rings. The van der Waals surface area contributed by atoms with Crippen molar-refractivity contribution in [2.45, 2.75) is 24.7 Å². The molecule has 7 nitrogen and oxygen atoms in total. The first-order chi connectivity index (χ1) is 13.0. The van der Waals surface area contributed by atoms with Gasteiger partial charge in [-0.25, -0.2) is 0 Å². The number of aliphatic hydroxyl groups is 1. The van der Waals surface area contributed by atoms with Gasteiger partial charge in [-0.15, -0.1) is 0 Å². The Bertz CT molecular complexity index is 818. The molecule has 1 N–H and O–H groups in total. The third kappa shape index (κ3) is 2.92. The first-order valence-electron chi connectivity index (χ1n) is 8.56. The smallest absolute Gasteiger partial charge is 0.253 e. The first kappa shape index (κ1) is 19.4. The fourth-order valence-electron chi connectivity index (χ4n) is 3.71. The van der Waals surface area contributed by atoms with E-state index < -0.39 is 11.9 Å². The van der Waals surface area contributed by atoms with Gasteiger partial charge in [-0.05, 0) is 47.8 Å². The van der Waals surface area contributed by atoms with Gasteiger partial charge in [0.15, 0.2) is 11.5 Å². The number of hydrogen-bond donors (Lipinski definition) is 1. The van der Waals surface area contributed by atoms with Gasteiger partial charge in [0.1, 0.15) is 0 Å². The Hall–Kier alpha value is -2.35. The highest BCUT2D eigenvalue weighted by molar-refractivity contribution is 6.07. The van der Waals surface area contributed by atoms with E-state index >= 15 is 0 Å². The fourth-order valence-corrected chi connectivity index (χ4v) is 3.71. The SMILES string of the molecule is COc1cc2c(c(OC)c1OC)C1=CC(OC)(OC)C(=O)C=C1[C@H](O)CC2. The second kappa shape index (κ2) is 7.34. The van der Waals surface area contributed by atoms with Gasteiger partial charge in [0.25, 0.3) is 5.79 Å². The average Bonchev–Trinajstić information content (AvgIpc) is 2.82. The maximum Gasteiger partial charge on any atom is 0.253 e. The molecule has 1 atom stereocenters. The molecule has 146 valence electrons. The number of ether oxygens (including phenoxy) is 5. The van der Waals surface area contributed by atoms with Crippen LogP contribution in [0.1, 0.15) is 17.5 Å². The number of carbonyl (C=O) groups excluding carboxylic acids is 1. The Morgan fingerprint density at radius 2 is 1.70 bits per heavy atom. The molecular weight excluding hydrogens is 352 g/mol. The summed E-state index contributed by atoms with van der Waals surface area (Å²) < 4.78 is 27.4. The molecule has 0 bridgehead atoms. The monoisotopic (exact) mass is 376 g/mol. The minimum Gasteiger partial charge on any atom is -0.493 e. The van der Waals surface area contributed by atoms with Crippen LogP contribution in [-0.4, -0.2) is 58.3 Å². The first-order valence-corrected chi connectivity index (χ1v) is 8.56. The predicted molar refractivity (Wildman–Crippen MR) is 98.2 cm³/mol. The molecule has 0 unspecified atom stereocenters. The Morgan fingerprint density at radius 1 is 1.04 bits per heavy atom. The van der Waals surface area contributed by atoms with Crippen LogP contribution < -0.4 is 14.2 Å². The van der Waals surface area contributed by atoms with Crippen molar-refractivity contribution in [2.24, 2.45) is 0 Å². The zero-order valence-electron chi connectivity index (χ0n) is 16.1. The highest BCUT2D eigenvalue weighted by atomic mass is 16.7. The van der Waals surface area contributed by atoms with Gasteiger partial charge in [0.2, 0.25) is 11.5 Å². The van der Waals surface area contributed by atoms with E-state index in [9.17, 15) is 9.90 Å². The summed E-state index contributed by atoms with van der Waals surface area (Å²) in [6, 6.07) is 1.87. The molecule has 0 amide bonds. The summed E-state index contributed by atoms with van der Waals surface area (Å²) in [6.45, 7) is 0. The lowest BCUT2D eigenvalue weighted by molar-refractivity contribution is -0.181. The van der Waals surface area contributed by atoms with E-state index in [2.05, 4.69) is 0 Å². The van der Waals surface area contributed by atoms with Gasteiger partial charge >= 0.3 is 0 Å². The van der Waals surface area contributed by atoms with Crippen LogP contribution in [-0.2, 0) is 20.7 Å². The zero-order valence-corrected chi connectivity index (χ0v) is 16.1. The van der Waals surface area contributed by atoms with Gasteiger partial charge in [0, 0.05) is 19.8 Å². The maximum absolute atomic E-state index is 12.6. The van der Waals surface area contributed by atoms with Crippen molar-refractivity contribution in [3.05, 3.63) is 34.9 Å². The van der Waals surface area contributed by atoms with Gasteiger partial charge in [-0.3, -0.25) is 4.79 Å². The highest BCUT2D eigenvalue weighted by Crippen LogP contribution is 2.50. The van der Waals surface area contributed by atoms with Crippen molar-refractivity contribution in [2.75, 3.05) is 35.5 Å². The molecule has 0 saturated carbocycles. The number of fused-ring (bicyclic) bond motifs is 3. The number of aliphatic hydroxyl groups excluding tert-OH is 1. The quantitative estimate of drug-likeness (QED) is 0.786. The Kier molecular flexibility index (Phi) is 5.28. The van der Waals surface area contributed by atoms with Gasteiger partial charge in [-0.2, -0.15) is 0 Å². The number of hydrogen-bond acceptors (Lipinski definition) is 7. The third-order valence-corrected chi connectivity index (χ3v) is 5.11. The second-order valence-electron chi connectivity index (χ2n) is 6.33. The van der Waals surface area contributed by atoms with Crippen molar-refractivity contribution >= 4 is 11.4 Å².